The number of H-pyrrole nitrogens is 1. The molecule has 2 aromatic carbocycles. The molecule has 0 unspecified atom stereocenters. The van der Waals surface area contributed by atoms with Crippen LogP contribution >= 0.6 is 11.6 Å². The number of rotatable bonds is 5. The maximum absolute atomic E-state index is 12.5. The summed E-state index contributed by atoms with van der Waals surface area (Å²) in [5.74, 6) is 0.742. The first kappa shape index (κ1) is 17.8. The number of para-hydroxylation sites is 1. The smallest absolute Gasteiger partial charge is 0.277 e. The summed E-state index contributed by atoms with van der Waals surface area (Å²) >= 11 is 6.00. The summed E-state index contributed by atoms with van der Waals surface area (Å²) in [7, 11) is 1.61. The van der Waals surface area contributed by atoms with Gasteiger partial charge >= 0.3 is 0 Å². The third-order valence-corrected chi connectivity index (χ3v) is 4.35. The Morgan fingerprint density at radius 1 is 1.14 bits per heavy atom. The molecule has 0 spiro atoms. The second-order valence-electron chi connectivity index (χ2n) is 5.95. The molecule has 7 nitrogen and oxygen atoms in total. The van der Waals surface area contributed by atoms with E-state index in [1.807, 2.05) is 36.4 Å². The third kappa shape index (κ3) is 3.60. The van der Waals surface area contributed by atoms with Crippen LogP contribution in [-0.4, -0.2) is 33.0 Å². The SMILES string of the molecule is COc1ccccc1-c1cc(NC(=O)c2ccn(-c3cccc(Cl)c3)n2)n[nH]1. The van der Waals surface area contributed by atoms with E-state index in [-0.39, 0.29) is 11.6 Å². The van der Waals surface area contributed by atoms with Gasteiger partial charge in [-0.25, -0.2) is 4.68 Å². The highest BCUT2D eigenvalue weighted by Gasteiger charge is 2.14. The standard InChI is InChI=1S/C20H16ClN5O2/c1-28-18-8-3-2-7-15(18)17-12-19(24-23-17)22-20(27)16-9-10-26(25-16)14-6-4-5-13(21)11-14/h2-12H,1H3,(H2,22,23,24,27). The molecule has 2 N–H and O–H groups in total. The van der Waals surface area contributed by atoms with Crippen LogP contribution in [0.5, 0.6) is 5.75 Å². The van der Waals surface area contributed by atoms with Crippen molar-refractivity contribution in [2.75, 3.05) is 12.4 Å². The Hall–Kier alpha value is -3.58. The van der Waals surface area contributed by atoms with E-state index in [2.05, 4.69) is 20.6 Å². The van der Waals surface area contributed by atoms with Crippen LogP contribution in [0.4, 0.5) is 5.82 Å². The van der Waals surface area contributed by atoms with Gasteiger partial charge in [0.2, 0.25) is 0 Å². The van der Waals surface area contributed by atoms with Crippen LogP contribution in [0.2, 0.25) is 5.02 Å². The van der Waals surface area contributed by atoms with Crippen molar-refractivity contribution in [1.82, 2.24) is 20.0 Å². The molecule has 0 bridgehead atoms. The summed E-state index contributed by atoms with van der Waals surface area (Å²) < 4.78 is 6.94. The van der Waals surface area contributed by atoms with Crippen LogP contribution in [0, 0.1) is 0 Å². The first-order valence-electron chi connectivity index (χ1n) is 8.46. The normalized spacial score (nSPS) is 10.6. The van der Waals surface area contributed by atoms with Gasteiger partial charge in [0, 0.05) is 22.8 Å². The van der Waals surface area contributed by atoms with Crippen LogP contribution in [-0.2, 0) is 0 Å². The number of hydrogen-bond acceptors (Lipinski definition) is 4. The Bertz CT molecular complexity index is 1130. The minimum atomic E-state index is -0.362. The van der Waals surface area contributed by atoms with Gasteiger partial charge in [0.1, 0.15) is 5.75 Å². The lowest BCUT2D eigenvalue weighted by Gasteiger charge is -2.05. The molecule has 0 aliphatic carbocycles. The quantitative estimate of drug-likeness (QED) is 0.532. The molecule has 0 aliphatic heterocycles. The predicted molar refractivity (Wildman–Crippen MR) is 107 cm³/mol. The zero-order chi connectivity index (χ0) is 19.5. The largest absolute Gasteiger partial charge is 0.496 e. The van der Waals surface area contributed by atoms with Crippen molar-refractivity contribution in [3.05, 3.63) is 77.6 Å². The van der Waals surface area contributed by atoms with Crippen molar-refractivity contribution in [1.29, 1.82) is 0 Å². The lowest BCUT2D eigenvalue weighted by Crippen LogP contribution is -2.13. The number of nitrogens with one attached hydrogen (secondary N) is 2. The second kappa shape index (κ2) is 7.58. The first-order valence-corrected chi connectivity index (χ1v) is 8.83. The fourth-order valence-electron chi connectivity index (χ4n) is 2.78. The number of carbonyl (C=O) groups excluding carboxylic acids is 1. The summed E-state index contributed by atoms with van der Waals surface area (Å²) in [4.78, 5) is 12.5. The number of ether oxygens (including phenoxy) is 1. The average molecular weight is 394 g/mol. The van der Waals surface area contributed by atoms with Gasteiger partial charge < -0.3 is 10.1 Å². The topological polar surface area (TPSA) is 84.8 Å². The van der Waals surface area contributed by atoms with Crippen molar-refractivity contribution in [2.24, 2.45) is 0 Å². The zero-order valence-electron chi connectivity index (χ0n) is 14.9. The summed E-state index contributed by atoms with van der Waals surface area (Å²) in [6.45, 7) is 0. The van der Waals surface area contributed by atoms with E-state index in [4.69, 9.17) is 16.3 Å². The van der Waals surface area contributed by atoms with E-state index in [0.717, 1.165) is 16.9 Å². The molecule has 0 fully saturated rings. The maximum Gasteiger partial charge on any atom is 0.277 e. The van der Waals surface area contributed by atoms with Crippen molar-refractivity contribution in [3.8, 4) is 22.7 Å². The van der Waals surface area contributed by atoms with Crippen molar-refractivity contribution < 1.29 is 9.53 Å². The van der Waals surface area contributed by atoms with Gasteiger partial charge in [-0.3, -0.25) is 9.89 Å². The predicted octanol–water partition coefficient (Wildman–Crippen LogP) is 4.18. The minimum absolute atomic E-state index is 0.266. The third-order valence-electron chi connectivity index (χ3n) is 4.11. The van der Waals surface area contributed by atoms with E-state index in [1.165, 1.54) is 0 Å². The van der Waals surface area contributed by atoms with Crippen molar-refractivity contribution >= 4 is 23.3 Å². The molecule has 4 rings (SSSR count). The van der Waals surface area contributed by atoms with Crippen LogP contribution < -0.4 is 10.1 Å². The molecule has 0 atom stereocenters. The fourth-order valence-corrected chi connectivity index (χ4v) is 2.96. The number of halogens is 1. The number of aromatic nitrogens is 4. The number of methoxy groups -OCH3 is 1. The van der Waals surface area contributed by atoms with Gasteiger partial charge in [0.15, 0.2) is 11.5 Å². The lowest BCUT2D eigenvalue weighted by atomic mass is 10.1. The molecular formula is C20H16ClN5O2. The van der Waals surface area contributed by atoms with Crippen LogP contribution in [0.1, 0.15) is 10.5 Å². The molecule has 140 valence electrons. The summed E-state index contributed by atoms with van der Waals surface area (Å²) in [5, 5.41) is 14.7. The van der Waals surface area contributed by atoms with Gasteiger partial charge in [-0.2, -0.15) is 10.2 Å². The van der Waals surface area contributed by atoms with E-state index in [0.29, 0.717) is 16.6 Å². The monoisotopic (exact) mass is 393 g/mol. The molecule has 4 aromatic rings. The van der Waals surface area contributed by atoms with E-state index < -0.39 is 0 Å². The molecule has 28 heavy (non-hydrogen) atoms. The molecular weight excluding hydrogens is 378 g/mol. The summed E-state index contributed by atoms with van der Waals surface area (Å²) in [6, 6.07) is 18.1. The zero-order valence-corrected chi connectivity index (χ0v) is 15.6. The van der Waals surface area contributed by atoms with Gasteiger partial charge in [-0.15, -0.1) is 0 Å². The Balaban J connectivity index is 1.51. The average Bonchev–Trinajstić information content (AvgIpc) is 3.38. The van der Waals surface area contributed by atoms with Crippen molar-refractivity contribution in [2.45, 2.75) is 0 Å². The maximum atomic E-state index is 12.5. The number of aromatic amines is 1. The van der Waals surface area contributed by atoms with Crippen molar-refractivity contribution in [3.63, 3.8) is 0 Å². The molecule has 2 aromatic heterocycles. The van der Waals surface area contributed by atoms with Gasteiger partial charge in [0.05, 0.1) is 18.5 Å². The molecule has 0 saturated heterocycles. The molecule has 1 amide bonds. The van der Waals surface area contributed by atoms with Crippen LogP contribution in [0.25, 0.3) is 16.9 Å². The van der Waals surface area contributed by atoms with E-state index >= 15 is 0 Å². The molecule has 0 saturated carbocycles. The van der Waals surface area contributed by atoms with Crippen LogP contribution in [0.15, 0.2) is 66.9 Å². The number of benzene rings is 2. The summed E-state index contributed by atoms with van der Waals surface area (Å²) in [6.07, 6.45) is 1.70. The number of nitrogens with zero attached hydrogens (tertiary/aromatic N) is 3. The van der Waals surface area contributed by atoms with Gasteiger partial charge in [0.25, 0.3) is 5.91 Å². The molecule has 8 heteroatoms. The Morgan fingerprint density at radius 2 is 2.00 bits per heavy atom. The Morgan fingerprint density at radius 3 is 2.82 bits per heavy atom. The molecule has 0 aliphatic rings. The number of amides is 1. The number of anilines is 1. The van der Waals surface area contributed by atoms with E-state index in [9.17, 15) is 4.79 Å². The van der Waals surface area contributed by atoms with Gasteiger partial charge in [-0.05, 0) is 36.4 Å². The van der Waals surface area contributed by atoms with Gasteiger partial charge in [-0.1, -0.05) is 29.8 Å². The highest BCUT2D eigenvalue weighted by Crippen LogP contribution is 2.29. The lowest BCUT2D eigenvalue weighted by molar-refractivity contribution is 0.102. The molecule has 2 heterocycles. The highest BCUT2D eigenvalue weighted by atomic mass is 35.5. The first-order chi connectivity index (χ1) is 13.6. The Kier molecular flexibility index (Phi) is 4.82. The Labute approximate surface area is 165 Å². The van der Waals surface area contributed by atoms with Crippen LogP contribution in [0.3, 0.4) is 0 Å². The molecule has 0 radical (unpaired) electrons. The fraction of sp³-hybridized carbons (Fsp3) is 0.0500. The number of carbonyl (C=O) groups is 1. The van der Waals surface area contributed by atoms with E-state index in [1.54, 1.807) is 42.3 Å². The summed E-state index contributed by atoms with van der Waals surface area (Å²) in [5.41, 5.74) is 2.62. The number of hydrogen-bond donors (Lipinski definition) is 2. The second-order valence-corrected chi connectivity index (χ2v) is 6.38. The minimum Gasteiger partial charge on any atom is -0.496 e. The highest BCUT2D eigenvalue weighted by molar-refractivity contribution is 6.30.